The number of nitrogens with zero attached hydrogens (tertiary/aromatic N) is 4. The van der Waals surface area contributed by atoms with Crippen molar-refractivity contribution in [1.82, 2.24) is 15.2 Å². The van der Waals surface area contributed by atoms with Gasteiger partial charge in [-0.2, -0.15) is 0 Å². The summed E-state index contributed by atoms with van der Waals surface area (Å²) >= 11 is 1.50. The molecule has 0 aliphatic heterocycles. The van der Waals surface area contributed by atoms with E-state index in [1.54, 1.807) is 12.4 Å². The van der Waals surface area contributed by atoms with Crippen molar-refractivity contribution in [2.75, 3.05) is 4.90 Å². The summed E-state index contributed by atoms with van der Waals surface area (Å²) in [5, 5.41) is 10.2. The zero-order valence-corrected chi connectivity index (χ0v) is 13.8. The standard InChI is InChI=1S/C17H20N4OS/c22-16(12-5-3-6-12)21(14-8-1-2-9-14)17-20-19-15(23-17)13-7-4-10-18-11-13/h4,7,10-12,14H,1-3,5-6,8-9H2. The molecule has 0 atom stereocenters. The van der Waals surface area contributed by atoms with Gasteiger partial charge in [0.15, 0.2) is 5.01 Å². The van der Waals surface area contributed by atoms with Crippen LogP contribution < -0.4 is 4.90 Å². The summed E-state index contributed by atoms with van der Waals surface area (Å²) in [6.07, 6.45) is 11.3. The molecule has 0 aromatic carbocycles. The molecule has 1 amide bonds. The molecule has 2 heterocycles. The van der Waals surface area contributed by atoms with Gasteiger partial charge in [0.05, 0.1) is 0 Å². The highest BCUT2D eigenvalue weighted by Crippen LogP contribution is 2.37. The SMILES string of the molecule is O=C(C1CCC1)N(c1nnc(-c2cccnc2)s1)C1CCCC1. The molecule has 6 heteroatoms. The first-order chi connectivity index (χ1) is 11.3. The Balaban J connectivity index is 1.63. The third-order valence-electron chi connectivity index (χ3n) is 4.91. The van der Waals surface area contributed by atoms with E-state index in [1.165, 1.54) is 30.6 Å². The van der Waals surface area contributed by atoms with Gasteiger partial charge < -0.3 is 0 Å². The van der Waals surface area contributed by atoms with Gasteiger partial charge in [0.25, 0.3) is 0 Å². The lowest BCUT2D eigenvalue weighted by Gasteiger charge is -2.33. The van der Waals surface area contributed by atoms with Gasteiger partial charge in [-0.25, -0.2) is 0 Å². The molecule has 5 nitrogen and oxygen atoms in total. The molecule has 4 rings (SSSR count). The Hall–Kier alpha value is -1.82. The van der Waals surface area contributed by atoms with Gasteiger partial charge in [-0.3, -0.25) is 14.7 Å². The number of pyridine rings is 1. The van der Waals surface area contributed by atoms with Crippen LogP contribution in [-0.4, -0.2) is 27.1 Å². The summed E-state index contributed by atoms with van der Waals surface area (Å²) in [5.41, 5.74) is 0.957. The molecule has 2 saturated carbocycles. The first-order valence-corrected chi connectivity index (χ1v) is 9.21. The van der Waals surface area contributed by atoms with E-state index in [0.29, 0.717) is 6.04 Å². The molecule has 0 N–H and O–H groups in total. The summed E-state index contributed by atoms with van der Waals surface area (Å²) in [5.74, 6) is 0.457. The molecule has 2 aromatic heterocycles. The number of anilines is 1. The van der Waals surface area contributed by atoms with Crippen LogP contribution in [0.1, 0.15) is 44.9 Å². The van der Waals surface area contributed by atoms with E-state index in [1.807, 2.05) is 17.0 Å². The maximum absolute atomic E-state index is 12.9. The van der Waals surface area contributed by atoms with E-state index in [9.17, 15) is 4.79 Å². The highest BCUT2D eigenvalue weighted by Gasteiger charge is 2.36. The second-order valence-electron chi connectivity index (χ2n) is 6.41. The number of hydrogen-bond donors (Lipinski definition) is 0. The quantitative estimate of drug-likeness (QED) is 0.859. The van der Waals surface area contributed by atoms with Gasteiger partial charge in [0.2, 0.25) is 11.0 Å². The van der Waals surface area contributed by atoms with E-state index >= 15 is 0 Å². The Morgan fingerprint density at radius 1 is 1.13 bits per heavy atom. The van der Waals surface area contributed by atoms with Crippen LogP contribution in [0.2, 0.25) is 0 Å². The van der Waals surface area contributed by atoms with E-state index in [2.05, 4.69) is 15.2 Å². The number of hydrogen-bond acceptors (Lipinski definition) is 5. The predicted octanol–water partition coefficient (Wildman–Crippen LogP) is 3.68. The van der Waals surface area contributed by atoms with E-state index in [0.717, 1.165) is 41.4 Å². The van der Waals surface area contributed by atoms with Crippen LogP contribution in [0.3, 0.4) is 0 Å². The molecule has 0 radical (unpaired) electrons. The van der Waals surface area contributed by atoms with Gasteiger partial charge in [-0.1, -0.05) is 30.6 Å². The van der Waals surface area contributed by atoms with Gasteiger partial charge in [0.1, 0.15) is 0 Å². The summed E-state index contributed by atoms with van der Waals surface area (Å²) in [4.78, 5) is 19.0. The van der Waals surface area contributed by atoms with E-state index in [-0.39, 0.29) is 11.8 Å². The molecular weight excluding hydrogens is 308 g/mol. The van der Waals surface area contributed by atoms with Crippen molar-refractivity contribution in [2.24, 2.45) is 5.92 Å². The van der Waals surface area contributed by atoms with Gasteiger partial charge in [0, 0.05) is 29.9 Å². The Kier molecular flexibility index (Phi) is 4.08. The van der Waals surface area contributed by atoms with E-state index < -0.39 is 0 Å². The van der Waals surface area contributed by atoms with E-state index in [4.69, 9.17) is 0 Å². The predicted molar refractivity (Wildman–Crippen MR) is 90.2 cm³/mol. The fourth-order valence-corrected chi connectivity index (χ4v) is 4.28. The molecule has 0 saturated heterocycles. The minimum absolute atomic E-state index is 0.196. The fraction of sp³-hybridized carbons (Fsp3) is 0.529. The van der Waals surface area contributed by atoms with Crippen LogP contribution in [0.25, 0.3) is 10.6 Å². The normalized spacial score (nSPS) is 18.8. The largest absolute Gasteiger partial charge is 0.283 e. The monoisotopic (exact) mass is 328 g/mol. The third-order valence-corrected chi connectivity index (χ3v) is 5.88. The van der Waals surface area contributed by atoms with Crippen LogP contribution >= 0.6 is 11.3 Å². The molecule has 0 bridgehead atoms. The second-order valence-corrected chi connectivity index (χ2v) is 7.36. The van der Waals surface area contributed by atoms with Gasteiger partial charge in [-0.15, -0.1) is 10.2 Å². The molecular formula is C17H20N4OS. The second kappa shape index (κ2) is 6.35. The zero-order valence-electron chi connectivity index (χ0n) is 13.0. The van der Waals surface area contributed by atoms with Crippen molar-refractivity contribution in [2.45, 2.75) is 51.0 Å². The van der Waals surface area contributed by atoms with Crippen molar-refractivity contribution in [3.05, 3.63) is 24.5 Å². The highest BCUT2D eigenvalue weighted by molar-refractivity contribution is 7.18. The Labute approximate surface area is 139 Å². The van der Waals surface area contributed by atoms with Crippen LogP contribution in [0.15, 0.2) is 24.5 Å². The Morgan fingerprint density at radius 2 is 1.96 bits per heavy atom. The molecule has 120 valence electrons. The first kappa shape index (κ1) is 14.8. The zero-order chi connectivity index (χ0) is 15.6. The average molecular weight is 328 g/mol. The maximum Gasteiger partial charge on any atom is 0.232 e. The summed E-state index contributed by atoms with van der Waals surface area (Å²) in [6, 6.07) is 4.17. The molecule has 0 unspecified atom stereocenters. The maximum atomic E-state index is 12.9. The van der Waals surface area contributed by atoms with Crippen molar-refractivity contribution in [3.63, 3.8) is 0 Å². The van der Waals surface area contributed by atoms with Crippen LogP contribution in [-0.2, 0) is 4.79 Å². The smallest absolute Gasteiger partial charge is 0.232 e. The van der Waals surface area contributed by atoms with Crippen LogP contribution in [0, 0.1) is 5.92 Å². The van der Waals surface area contributed by atoms with Crippen LogP contribution in [0.5, 0.6) is 0 Å². The molecule has 23 heavy (non-hydrogen) atoms. The molecule has 2 fully saturated rings. The first-order valence-electron chi connectivity index (χ1n) is 8.40. The molecule has 2 aliphatic rings. The minimum Gasteiger partial charge on any atom is -0.283 e. The lowest BCUT2D eigenvalue weighted by molar-refractivity contribution is -0.125. The number of rotatable bonds is 4. The van der Waals surface area contributed by atoms with Crippen molar-refractivity contribution in [3.8, 4) is 10.6 Å². The number of amides is 1. The summed E-state index contributed by atoms with van der Waals surface area (Å²) in [6.45, 7) is 0. The lowest BCUT2D eigenvalue weighted by atomic mass is 9.84. The lowest BCUT2D eigenvalue weighted by Crippen LogP contribution is -2.44. The molecule has 2 aliphatic carbocycles. The Bertz CT molecular complexity index is 677. The fourth-order valence-electron chi connectivity index (χ4n) is 3.36. The highest BCUT2D eigenvalue weighted by atomic mass is 32.1. The number of aromatic nitrogens is 3. The average Bonchev–Trinajstić information content (AvgIpc) is 3.19. The van der Waals surface area contributed by atoms with Crippen molar-refractivity contribution < 1.29 is 4.79 Å². The Morgan fingerprint density at radius 3 is 2.61 bits per heavy atom. The molecule has 0 spiro atoms. The topological polar surface area (TPSA) is 59.0 Å². The number of carbonyl (C=O) groups excluding carboxylic acids is 1. The van der Waals surface area contributed by atoms with Crippen LogP contribution in [0.4, 0.5) is 5.13 Å². The summed E-state index contributed by atoms with van der Waals surface area (Å²) in [7, 11) is 0. The van der Waals surface area contributed by atoms with Gasteiger partial charge >= 0.3 is 0 Å². The van der Waals surface area contributed by atoms with Crippen molar-refractivity contribution >= 4 is 22.4 Å². The minimum atomic E-state index is 0.196. The summed E-state index contributed by atoms with van der Waals surface area (Å²) < 4.78 is 0. The number of carbonyl (C=O) groups is 1. The van der Waals surface area contributed by atoms with Crippen molar-refractivity contribution in [1.29, 1.82) is 0 Å². The van der Waals surface area contributed by atoms with Gasteiger partial charge in [-0.05, 0) is 37.8 Å². The third kappa shape index (κ3) is 2.87. The molecule has 2 aromatic rings.